The smallest absolute Gasteiger partial charge is 0.158 e. The van der Waals surface area contributed by atoms with E-state index in [0.29, 0.717) is 0 Å². The average molecular weight is 130 g/mol. The van der Waals surface area contributed by atoms with E-state index in [0.717, 1.165) is 25.7 Å². The van der Waals surface area contributed by atoms with Gasteiger partial charge in [-0.05, 0) is 6.42 Å². The van der Waals surface area contributed by atoms with E-state index in [1.54, 1.807) is 0 Å². The Hall–Kier alpha value is -0.410. The van der Waals surface area contributed by atoms with Crippen LogP contribution in [-0.4, -0.2) is 25.8 Å². The molecule has 1 fully saturated rings. The summed E-state index contributed by atoms with van der Waals surface area (Å²) in [4.78, 5) is 9.78. The van der Waals surface area contributed by atoms with Gasteiger partial charge in [-0.25, -0.2) is 0 Å². The average Bonchev–Trinajstić information content (AvgIpc) is 2.34. The molecule has 0 amide bonds. The number of aldehydes is 1. The molecule has 3 heteroatoms. The van der Waals surface area contributed by atoms with Gasteiger partial charge in [-0.15, -0.1) is 0 Å². The van der Waals surface area contributed by atoms with Crippen LogP contribution in [0.25, 0.3) is 0 Å². The van der Waals surface area contributed by atoms with E-state index in [9.17, 15) is 4.79 Å². The molecule has 0 saturated carbocycles. The van der Waals surface area contributed by atoms with Crippen molar-refractivity contribution in [2.75, 3.05) is 13.2 Å². The Bertz CT molecular complexity index is 86.3. The highest BCUT2D eigenvalue weighted by Gasteiger charge is 2.14. The Morgan fingerprint density at radius 3 is 3.22 bits per heavy atom. The minimum Gasteiger partial charge on any atom is -0.353 e. The fourth-order valence-corrected chi connectivity index (χ4v) is 0.826. The van der Waals surface area contributed by atoms with Crippen molar-refractivity contribution in [2.24, 2.45) is 0 Å². The van der Waals surface area contributed by atoms with Gasteiger partial charge in [0.15, 0.2) is 6.29 Å². The van der Waals surface area contributed by atoms with E-state index in [1.807, 2.05) is 0 Å². The third-order valence-corrected chi connectivity index (χ3v) is 1.24. The molecule has 1 aliphatic heterocycles. The largest absolute Gasteiger partial charge is 0.353 e. The maximum atomic E-state index is 9.78. The van der Waals surface area contributed by atoms with Crippen LogP contribution in [0.4, 0.5) is 0 Å². The van der Waals surface area contributed by atoms with E-state index in [2.05, 4.69) is 0 Å². The van der Waals surface area contributed by atoms with Crippen LogP contribution in [0, 0.1) is 0 Å². The number of hydrogen-bond donors (Lipinski definition) is 0. The number of carbonyl (C=O) groups excluding carboxylic acids is 1. The molecule has 1 atom stereocenters. The molecule has 0 spiro atoms. The van der Waals surface area contributed by atoms with Crippen LogP contribution in [0.15, 0.2) is 0 Å². The molecular formula is C6H10O3. The number of ether oxygens (including phenoxy) is 2. The zero-order chi connectivity index (χ0) is 6.53. The third-order valence-electron chi connectivity index (χ3n) is 1.24. The van der Waals surface area contributed by atoms with Gasteiger partial charge >= 0.3 is 0 Å². The van der Waals surface area contributed by atoms with E-state index in [-0.39, 0.29) is 12.9 Å². The summed E-state index contributed by atoms with van der Waals surface area (Å²) in [5.74, 6) is 0. The lowest BCUT2D eigenvalue weighted by atomic mass is 10.4. The van der Waals surface area contributed by atoms with Gasteiger partial charge in [0.25, 0.3) is 0 Å². The lowest BCUT2D eigenvalue weighted by Gasteiger charge is -2.06. The Kier molecular flexibility index (Phi) is 2.67. The van der Waals surface area contributed by atoms with Gasteiger partial charge in [0.1, 0.15) is 12.9 Å². The quantitative estimate of drug-likeness (QED) is 0.517. The maximum Gasteiger partial charge on any atom is 0.158 e. The van der Waals surface area contributed by atoms with Crippen molar-refractivity contribution in [1.82, 2.24) is 0 Å². The molecule has 1 rings (SSSR count). The third kappa shape index (κ3) is 2.11. The van der Waals surface area contributed by atoms with Gasteiger partial charge in [0, 0.05) is 13.0 Å². The monoisotopic (exact) mass is 130 g/mol. The first-order valence-electron chi connectivity index (χ1n) is 3.10. The first-order chi connectivity index (χ1) is 4.43. The molecule has 0 bridgehead atoms. The lowest BCUT2D eigenvalue weighted by molar-refractivity contribution is -0.132. The molecule has 1 unspecified atom stereocenters. The molecule has 1 saturated heterocycles. The van der Waals surface area contributed by atoms with Gasteiger partial charge in [-0.3, -0.25) is 0 Å². The van der Waals surface area contributed by atoms with Crippen molar-refractivity contribution in [3.63, 3.8) is 0 Å². The molecule has 0 N–H and O–H groups in total. The molecular weight excluding hydrogens is 120 g/mol. The minimum absolute atomic E-state index is 0.116. The molecule has 0 aromatic heterocycles. The summed E-state index contributed by atoms with van der Waals surface area (Å²) in [5, 5.41) is 0. The Morgan fingerprint density at radius 1 is 1.78 bits per heavy atom. The molecule has 1 heterocycles. The van der Waals surface area contributed by atoms with E-state index >= 15 is 0 Å². The van der Waals surface area contributed by atoms with Crippen LogP contribution >= 0.6 is 0 Å². The number of carbonyl (C=O) groups is 1. The van der Waals surface area contributed by atoms with Crippen LogP contribution in [0.1, 0.15) is 12.8 Å². The summed E-state index contributed by atoms with van der Waals surface area (Å²) >= 11 is 0. The highest BCUT2D eigenvalue weighted by atomic mass is 16.7. The summed E-state index contributed by atoms with van der Waals surface area (Å²) in [6.45, 7) is 0.925. The minimum atomic E-state index is -0.116. The van der Waals surface area contributed by atoms with Crippen LogP contribution in [0.3, 0.4) is 0 Å². The second kappa shape index (κ2) is 3.58. The van der Waals surface area contributed by atoms with Crippen LogP contribution in [0.2, 0.25) is 0 Å². The molecule has 0 aromatic rings. The van der Waals surface area contributed by atoms with Crippen molar-refractivity contribution in [3.8, 4) is 0 Å². The van der Waals surface area contributed by atoms with Crippen LogP contribution in [-0.2, 0) is 14.3 Å². The summed E-state index contributed by atoms with van der Waals surface area (Å²) in [5.41, 5.74) is 0. The fourth-order valence-electron chi connectivity index (χ4n) is 0.826. The van der Waals surface area contributed by atoms with Crippen molar-refractivity contribution in [2.45, 2.75) is 19.1 Å². The Labute approximate surface area is 53.9 Å². The highest BCUT2D eigenvalue weighted by molar-refractivity contribution is 5.50. The first kappa shape index (κ1) is 6.71. The topological polar surface area (TPSA) is 35.5 Å². The van der Waals surface area contributed by atoms with Gasteiger partial charge in [-0.2, -0.15) is 0 Å². The van der Waals surface area contributed by atoms with E-state index in [1.165, 1.54) is 0 Å². The van der Waals surface area contributed by atoms with E-state index in [4.69, 9.17) is 9.47 Å². The van der Waals surface area contributed by atoms with E-state index < -0.39 is 0 Å². The van der Waals surface area contributed by atoms with Gasteiger partial charge < -0.3 is 14.3 Å². The molecule has 3 nitrogen and oxygen atoms in total. The number of hydrogen-bond acceptors (Lipinski definition) is 3. The standard InChI is InChI=1S/C6H10O3/c7-3-5-9-6-2-1-4-8-6/h3,6H,1-2,4-5H2. The number of rotatable bonds is 3. The maximum absolute atomic E-state index is 9.78. The highest BCUT2D eigenvalue weighted by Crippen LogP contribution is 2.11. The van der Waals surface area contributed by atoms with Gasteiger partial charge in [0.2, 0.25) is 0 Å². The molecule has 0 radical (unpaired) electrons. The molecule has 0 aromatic carbocycles. The summed E-state index contributed by atoms with van der Waals surface area (Å²) in [6, 6.07) is 0. The summed E-state index contributed by atoms with van der Waals surface area (Å²) in [7, 11) is 0. The van der Waals surface area contributed by atoms with Crippen molar-refractivity contribution >= 4 is 6.29 Å². The fraction of sp³-hybridized carbons (Fsp3) is 0.833. The second-order valence-electron chi connectivity index (χ2n) is 1.94. The normalized spacial score (nSPS) is 26.4. The molecule has 52 valence electrons. The zero-order valence-corrected chi connectivity index (χ0v) is 5.21. The second-order valence-corrected chi connectivity index (χ2v) is 1.94. The molecule has 0 aliphatic carbocycles. The molecule has 1 aliphatic rings. The summed E-state index contributed by atoms with van der Waals surface area (Å²) in [6.07, 6.45) is 2.59. The molecule has 9 heavy (non-hydrogen) atoms. The van der Waals surface area contributed by atoms with Crippen molar-refractivity contribution in [3.05, 3.63) is 0 Å². The SMILES string of the molecule is O=CCOC1CCCO1. The first-order valence-corrected chi connectivity index (χ1v) is 3.10. The van der Waals surface area contributed by atoms with Crippen LogP contribution < -0.4 is 0 Å². The van der Waals surface area contributed by atoms with Crippen molar-refractivity contribution < 1.29 is 14.3 Å². The summed E-state index contributed by atoms with van der Waals surface area (Å²) < 4.78 is 10.0. The van der Waals surface area contributed by atoms with Gasteiger partial charge in [0.05, 0.1) is 0 Å². The predicted molar refractivity (Wildman–Crippen MR) is 31.0 cm³/mol. The van der Waals surface area contributed by atoms with Crippen LogP contribution in [0.5, 0.6) is 0 Å². The zero-order valence-electron chi connectivity index (χ0n) is 5.21. The predicted octanol–water partition coefficient (Wildman–Crippen LogP) is 0.338. The Morgan fingerprint density at radius 2 is 2.67 bits per heavy atom. The van der Waals surface area contributed by atoms with Crippen molar-refractivity contribution in [1.29, 1.82) is 0 Å². The Balaban J connectivity index is 2.04. The van der Waals surface area contributed by atoms with Gasteiger partial charge in [-0.1, -0.05) is 0 Å². The lowest BCUT2D eigenvalue weighted by Crippen LogP contribution is -2.11.